The van der Waals surface area contributed by atoms with E-state index >= 15 is 0 Å². The lowest BCUT2D eigenvalue weighted by Crippen LogP contribution is -2.26. The normalized spacial score (nSPS) is 12.1. The third-order valence-electron chi connectivity index (χ3n) is 3.60. The van der Waals surface area contributed by atoms with Crippen LogP contribution in [0.1, 0.15) is 30.0 Å². The molecule has 0 saturated heterocycles. The molecule has 1 aromatic rings. The quantitative estimate of drug-likeness (QED) is 0.860. The van der Waals surface area contributed by atoms with E-state index in [0.29, 0.717) is 6.42 Å². The standard InChI is InChI=1S/C15H23NO3/c1-6-12(8-17)15(18)16-14-9(2)7-13(19-5)10(3)11(14)4/h7,12,17H,6,8H2,1-5H3,(H,16,18). The molecule has 0 saturated carbocycles. The van der Waals surface area contributed by atoms with Crippen LogP contribution in [0.3, 0.4) is 0 Å². The minimum Gasteiger partial charge on any atom is -0.496 e. The van der Waals surface area contributed by atoms with Crippen LogP contribution in [0.4, 0.5) is 5.69 Å². The summed E-state index contributed by atoms with van der Waals surface area (Å²) in [7, 11) is 1.64. The highest BCUT2D eigenvalue weighted by molar-refractivity contribution is 5.94. The molecule has 2 N–H and O–H groups in total. The summed E-state index contributed by atoms with van der Waals surface area (Å²) < 4.78 is 5.30. The molecule has 4 heteroatoms. The first-order valence-corrected chi connectivity index (χ1v) is 6.52. The number of hydrogen-bond acceptors (Lipinski definition) is 3. The SMILES string of the molecule is CCC(CO)C(=O)Nc1c(C)cc(OC)c(C)c1C. The molecule has 0 aliphatic heterocycles. The summed E-state index contributed by atoms with van der Waals surface area (Å²) in [4.78, 5) is 12.0. The van der Waals surface area contributed by atoms with Gasteiger partial charge in [0.15, 0.2) is 0 Å². The Hall–Kier alpha value is -1.55. The molecule has 19 heavy (non-hydrogen) atoms. The number of benzene rings is 1. The Morgan fingerprint density at radius 3 is 2.47 bits per heavy atom. The Morgan fingerprint density at radius 1 is 1.37 bits per heavy atom. The van der Waals surface area contributed by atoms with E-state index in [1.807, 2.05) is 33.8 Å². The first-order valence-electron chi connectivity index (χ1n) is 6.52. The number of aryl methyl sites for hydroxylation is 1. The first kappa shape index (κ1) is 15.5. The maximum absolute atomic E-state index is 12.0. The number of carbonyl (C=O) groups excluding carboxylic acids is 1. The van der Waals surface area contributed by atoms with E-state index < -0.39 is 0 Å². The Bertz CT molecular complexity index is 465. The number of nitrogens with one attached hydrogen (secondary N) is 1. The molecule has 1 atom stereocenters. The molecule has 1 amide bonds. The van der Waals surface area contributed by atoms with Gasteiger partial charge in [-0.2, -0.15) is 0 Å². The first-order chi connectivity index (χ1) is 8.96. The van der Waals surface area contributed by atoms with Gasteiger partial charge >= 0.3 is 0 Å². The molecule has 4 nitrogen and oxygen atoms in total. The molecular formula is C15H23NO3. The summed E-state index contributed by atoms with van der Waals surface area (Å²) in [5, 5.41) is 12.1. The van der Waals surface area contributed by atoms with Crippen molar-refractivity contribution in [1.82, 2.24) is 0 Å². The molecule has 1 rings (SSSR count). The van der Waals surface area contributed by atoms with Crippen molar-refractivity contribution < 1.29 is 14.6 Å². The van der Waals surface area contributed by atoms with Crippen LogP contribution in [0.5, 0.6) is 5.75 Å². The molecule has 0 aromatic heterocycles. The minimum atomic E-state index is -0.360. The Labute approximate surface area is 114 Å². The molecule has 0 spiro atoms. The Kier molecular flexibility index (Phi) is 5.36. The van der Waals surface area contributed by atoms with Crippen molar-refractivity contribution in [2.45, 2.75) is 34.1 Å². The molecule has 0 radical (unpaired) electrons. The van der Waals surface area contributed by atoms with Crippen molar-refractivity contribution in [1.29, 1.82) is 0 Å². The van der Waals surface area contributed by atoms with E-state index in [2.05, 4.69) is 5.32 Å². The fraction of sp³-hybridized carbons (Fsp3) is 0.533. The van der Waals surface area contributed by atoms with Crippen LogP contribution in [0.25, 0.3) is 0 Å². The number of amides is 1. The predicted octanol–water partition coefficient (Wildman–Crippen LogP) is 2.58. The topological polar surface area (TPSA) is 58.6 Å². The fourth-order valence-corrected chi connectivity index (χ4v) is 2.07. The monoisotopic (exact) mass is 265 g/mol. The zero-order valence-corrected chi connectivity index (χ0v) is 12.3. The van der Waals surface area contributed by atoms with Crippen LogP contribution in [-0.2, 0) is 4.79 Å². The molecule has 0 aliphatic rings. The number of anilines is 1. The van der Waals surface area contributed by atoms with Crippen molar-refractivity contribution >= 4 is 11.6 Å². The van der Waals surface area contributed by atoms with Crippen LogP contribution in [0.2, 0.25) is 0 Å². The number of aliphatic hydroxyl groups is 1. The average molecular weight is 265 g/mol. The highest BCUT2D eigenvalue weighted by atomic mass is 16.5. The molecule has 1 aromatic carbocycles. The largest absolute Gasteiger partial charge is 0.496 e. The molecular weight excluding hydrogens is 242 g/mol. The maximum atomic E-state index is 12.0. The second-order valence-corrected chi connectivity index (χ2v) is 4.80. The summed E-state index contributed by atoms with van der Waals surface area (Å²) >= 11 is 0. The van der Waals surface area contributed by atoms with Crippen LogP contribution < -0.4 is 10.1 Å². The number of methoxy groups -OCH3 is 1. The summed E-state index contributed by atoms with van der Waals surface area (Å²) in [6.07, 6.45) is 0.621. The van der Waals surface area contributed by atoms with Gasteiger partial charge in [0.2, 0.25) is 5.91 Å². The van der Waals surface area contributed by atoms with Gasteiger partial charge in [-0.05, 0) is 49.9 Å². The molecule has 0 heterocycles. The van der Waals surface area contributed by atoms with Crippen molar-refractivity contribution in [3.8, 4) is 5.75 Å². The third-order valence-corrected chi connectivity index (χ3v) is 3.60. The zero-order chi connectivity index (χ0) is 14.6. The summed E-state index contributed by atoms with van der Waals surface area (Å²) in [6, 6.07) is 1.91. The number of aliphatic hydroxyl groups excluding tert-OH is 1. The smallest absolute Gasteiger partial charge is 0.229 e. The van der Waals surface area contributed by atoms with Gasteiger partial charge in [-0.15, -0.1) is 0 Å². The van der Waals surface area contributed by atoms with Gasteiger partial charge in [0, 0.05) is 5.69 Å². The van der Waals surface area contributed by atoms with Gasteiger partial charge < -0.3 is 15.2 Å². The number of carbonyl (C=O) groups is 1. The van der Waals surface area contributed by atoms with Crippen LogP contribution >= 0.6 is 0 Å². The Balaban J connectivity index is 3.09. The molecule has 0 bridgehead atoms. The van der Waals surface area contributed by atoms with E-state index in [-0.39, 0.29) is 18.4 Å². The third kappa shape index (κ3) is 3.26. The van der Waals surface area contributed by atoms with Crippen molar-refractivity contribution in [2.75, 3.05) is 19.0 Å². The maximum Gasteiger partial charge on any atom is 0.229 e. The van der Waals surface area contributed by atoms with Gasteiger partial charge in [0.1, 0.15) is 5.75 Å². The van der Waals surface area contributed by atoms with Crippen molar-refractivity contribution in [3.63, 3.8) is 0 Å². The summed E-state index contributed by atoms with van der Waals surface area (Å²) in [5.41, 5.74) is 3.79. The van der Waals surface area contributed by atoms with Crippen molar-refractivity contribution in [3.05, 3.63) is 22.8 Å². The Morgan fingerprint density at radius 2 is 2.00 bits per heavy atom. The molecule has 106 valence electrons. The van der Waals surface area contributed by atoms with Gasteiger partial charge in [0.05, 0.1) is 19.6 Å². The number of hydrogen-bond donors (Lipinski definition) is 2. The van der Waals surface area contributed by atoms with Crippen molar-refractivity contribution in [2.24, 2.45) is 5.92 Å². The summed E-state index contributed by atoms with van der Waals surface area (Å²) in [6.45, 7) is 7.62. The van der Waals surface area contributed by atoms with Crippen LogP contribution in [0.15, 0.2) is 6.07 Å². The lowest BCUT2D eigenvalue weighted by atomic mass is 10.0. The van der Waals surface area contributed by atoms with E-state index in [1.54, 1.807) is 7.11 Å². The lowest BCUT2D eigenvalue weighted by Gasteiger charge is -2.19. The number of ether oxygens (including phenoxy) is 1. The van der Waals surface area contributed by atoms with E-state index in [9.17, 15) is 4.79 Å². The fourth-order valence-electron chi connectivity index (χ4n) is 2.07. The average Bonchev–Trinajstić information content (AvgIpc) is 2.40. The molecule has 1 unspecified atom stereocenters. The highest BCUT2D eigenvalue weighted by Crippen LogP contribution is 2.31. The van der Waals surface area contributed by atoms with Gasteiger partial charge in [0.25, 0.3) is 0 Å². The van der Waals surface area contributed by atoms with E-state index in [1.165, 1.54) is 0 Å². The van der Waals surface area contributed by atoms with Crippen LogP contribution in [-0.4, -0.2) is 24.7 Å². The number of rotatable bonds is 5. The highest BCUT2D eigenvalue weighted by Gasteiger charge is 2.18. The van der Waals surface area contributed by atoms with Gasteiger partial charge in [-0.3, -0.25) is 4.79 Å². The van der Waals surface area contributed by atoms with E-state index in [0.717, 1.165) is 28.1 Å². The van der Waals surface area contributed by atoms with Gasteiger partial charge in [-0.25, -0.2) is 0 Å². The van der Waals surface area contributed by atoms with Crippen LogP contribution in [0, 0.1) is 26.7 Å². The lowest BCUT2D eigenvalue weighted by molar-refractivity contribution is -0.121. The summed E-state index contributed by atoms with van der Waals surface area (Å²) in [5.74, 6) is 0.323. The molecule has 0 fully saturated rings. The zero-order valence-electron chi connectivity index (χ0n) is 12.3. The predicted molar refractivity (Wildman–Crippen MR) is 76.7 cm³/mol. The molecule has 0 aliphatic carbocycles. The second-order valence-electron chi connectivity index (χ2n) is 4.80. The minimum absolute atomic E-state index is 0.129. The van der Waals surface area contributed by atoms with Gasteiger partial charge in [-0.1, -0.05) is 6.92 Å². The second kappa shape index (κ2) is 6.57. The van der Waals surface area contributed by atoms with E-state index in [4.69, 9.17) is 9.84 Å².